The fourth-order valence-electron chi connectivity index (χ4n) is 1.19. The van der Waals surface area contributed by atoms with Crippen LogP contribution in [0.15, 0.2) is 29.2 Å². The fraction of sp³-hybridized carbons (Fsp3) is 0.273. The van der Waals surface area contributed by atoms with E-state index in [1.807, 2.05) is 5.32 Å². The number of amides is 2. The number of urea groups is 1. The highest BCUT2D eigenvalue weighted by Crippen LogP contribution is 2.09. The molecule has 0 aliphatic rings. The monoisotopic (exact) mass is 286 g/mol. The Morgan fingerprint density at radius 2 is 1.74 bits per heavy atom. The molecule has 0 aliphatic heterocycles. The summed E-state index contributed by atoms with van der Waals surface area (Å²) in [7, 11) is -4.00. The molecule has 2 amide bonds. The highest BCUT2D eigenvalue weighted by Gasteiger charge is 2.20. The van der Waals surface area contributed by atoms with Gasteiger partial charge in [0.15, 0.2) is 0 Å². The van der Waals surface area contributed by atoms with E-state index >= 15 is 0 Å². The Morgan fingerprint density at radius 1 is 1.21 bits per heavy atom. The predicted octanol–water partition coefficient (Wildman–Crippen LogP) is 0.456. The Bertz CT molecular complexity index is 580. The van der Waals surface area contributed by atoms with Gasteiger partial charge in [0.05, 0.1) is 4.90 Å². The van der Waals surface area contributed by atoms with Gasteiger partial charge in [0.1, 0.15) is 6.04 Å². The Balaban J connectivity index is 2.77. The predicted molar refractivity (Wildman–Crippen MR) is 67.1 cm³/mol. The normalized spacial score (nSPS) is 12.5. The molecule has 1 rings (SSSR count). The molecular weight excluding hydrogens is 272 g/mol. The largest absolute Gasteiger partial charge is 0.480 e. The molecule has 0 saturated heterocycles. The highest BCUT2D eigenvalue weighted by atomic mass is 32.2. The molecule has 0 aliphatic carbocycles. The Kier molecular flexibility index (Phi) is 4.49. The average Bonchev–Trinajstić information content (AvgIpc) is 2.28. The van der Waals surface area contributed by atoms with Crippen LogP contribution in [0.3, 0.4) is 0 Å². The van der Waals surface area contributed by atoms with Crippen molar-refractivity contribution < 1.29 is 23.1 Å². The molecule has 1 aromatic carbocycles. The molecule has 104 valence electrons. The van der Waals surface area contributed by atoms with Crippen LogP contribution in [0, 0.1) is 6.92 Å². The molecule has 0 heterocycles. The molecule has 0 aromatic heterocycles. The van der Waals surface area contributed by atoms with E-state index in [4.69, 9.17) is 5.11 Å². The SMILES string of the molecule is Cc1ccc(S(=O)(=O)NC(=O)NC(C)C(=O)O)cc1. The molecule has 0 radical (unpaired) electrons. The third kappa shape index (κ3) is 4.25. The highest BCUT2D eigenvalue weighted by molar-refractivity contribution is 7.90. The first-order chi connectivity index (χ1) is 8.72. The van der Waals surface area contributed by atoms with E-state index in [0.717, 1.165) is 5.56 Å². The van der Waals surface area contributed by atoms with Gasteiger partial charge in [-0.25, -0.2) is 17.9 Å². The van der Waals surface area contributed by atoms with E-state index in [0.29, 0.717) is 0 Å². The molecule has 0 saturated carbocycles. The Hall–Kier alpha value is -2.09. The molecule has 1 unspecified atom stereocenters. The first-order valence-electron chi connectivity index (χ1n) is 5.35. The van der Waals surface area contributed by atoms with Crippen molar-refractivity contribution in [3.63, 3.8) is 0 Å². The maximum atomic E-state index is 11.8. The summed E-state index contributed by atoms with van der Waals surface area (Å²) >= 11 is 0. The second-order valence-electron chi connectivity index (χ2n) is 3.95. The maximum absolute atomic E-state index is 11.8. The zero-order valence-electron chi connectivity index (χ0n) is 10.4. The summed E-state index contributed by atoms with van der Waals surface area (Å²) in [6.45, 7) is 3.02. The Labute approximate surface area is 110 Å². The van der Waals surface area contributed by atoms with Gasteiger partial charge in [0.25, 0.3) is 10.0 Å². The lowest BCUT2D eigenvalue weighted by Crippen LogP contribution is -2.46. The number of sulfonamides is 1. The minimum Gasteiger partial charge on any atom is -0.480 e. The van der Waals surface area contributed by atoms with Crippen LogP contribution in [-0.2, 0) is 14.8 Å². The second-order valence-corrected chi connectivity index (χ2v) is 5.63. The number of nitrogens with one attached hydrogen (secondary N) is 2. The van der Waals surface area contributed by atoms with E-state index < -0.39 is 28.1 Å². The van der Waals surface area contributed by atoms with Gasteiger partial charge in [0.2, 0.25) is 0 Å². The summed E-state index contributed by atoms with van der Waals surface area (Å²) in [4.78, 5) is 21.8. The van der Waals surface area contributed by atoms with Crippen LogP contribution in [0.2, 0.25) is 0 Å². The summed E-state index contributed by atoms with van der Waals surface area (Å²) < 4.78 is 25.3. The number of carbonyl (C=O) groups excluding carboxylic acids is 1. The summed E-state index contributed by atoms with van der Waals surface area (Å²) in [5, 5.41) is 10.6. The van der Waals surface area contributed by atoms with Crippen LogP contribution in [0.4, 0.5) is 4.79 Å². The molecule has 3 N–H and O–H groups in total. The minimum atomic E-state index is -4.00. The standard InChI is InChI=1S/C11H14N2O5S/c1-7-3-5-9(6-4-7)19(17,18)13-11(16)12-8(2)10(14)15/h3-6,8H,1-2H3,(H,14,15)(H2,12,13,16). The number of hydrogen-bond acceptors (Lipinski definition) is 4. The van der Waals surface area contributed by atoms with Gasteiger partial charge in [-0.2, -0.15) is 0 Å². The molecule has 8 heteroatoms. The molecule has 0 spiro atoms. The molecule has 7 nitrogen and oxygen atoms in total. The van der Waals surface area contributed by atoms with Gasteiger partial charge >= 0.3 is 12.0 Å². The number of benzene rings is 1. The molecule has 1 atom stereocenters. The summed E-state index contributed by atoms with van der Waals surface area (Å²) in [5.41, 5.74) is 0.878. The van der Waals surface area contributed by atoms with Crippen molar-refractivity contribution in [1.29, 1.82) is 0 Å². The lowest BCUT2D eigenvalue weighted by Gasteiger charge is -2.11. The van der Waals surface area contributed by atoms with Gasteiger partial charge in [-0.15, -0.1) is 0 Å². The van der Waals surface area contributed by atoms with Gasteiger partial charge < -0.3 is 10.4 Å². The molecule has 0 bridgehead atoms. The molecule has 0 fully saturated rings. The lowest BCUT2D eigenvalue weighted by molar-refractivity contribution is -0.138. The number of aliphatic carboxylic acids is 1. The zero-order valence-corrected chi connectivity index (χ0v) is 11.2. The smallest absolute Gasteiger partial charge is 0.329 e. The van der Waals surface area contributed by atoms with Crippen molar-refractivity contribution in [3.05, 3.63) is 29.8 Å². The lowest BCUT2D eigenvalue weighted by atomic mass is 10.2. The third-order valence-corrected chi connectivity index (χ3v) is 3.62. The van der Waals surface area contributed by atoms with Gasteiger partial charge in [-0.1, -0.05) is 17.7 Å². The van der Waals surface area contributed by atoms with Crippen molar-refractivity contribution in [2.75, 3.05) is 0 Å². The van der Waals surface area contributed by atoms with Crippen LogP contribution >= 0.6 is 0 Å². The van der Waals surface area contributed by atoms with Crippen LogP contribution in [-0.4, -0.2) is 31.6 Å². The number of aryl methyl sites for hydroxylation is 1. The van der Waals surface area contributed by atoms with Crippen molar-refractivity contribution in [2.24, 2.45) is 0 Å². The van der Waals surface area contributed by atoms with Crippen LogP contribution in [0.25, 0.3) is 0 Å². The van der Waals surface area contributed by atoms with Crippen molar-refractivity contribution in [3.8, 4) is 0 Å². The topological polar surface area (TPSA) is 113 Å². The first-order valence-corrected chi connectivity index (χ1v) is 6.83. The molecule has 19 heavy (non-hydrogen) atoms. The van der Waals surface area contributed by atoms with Crippen LogP contribution in [0.5, 0.6) is 0 Å². The fourth-order valence-corrected chi connectivity index (χ4v) is 2.10. The average molecular weight is 286 g/mol. The molecular formula is C11H14N2O5S. The van der Waals surface area contributed by atoms with E-state index in [9.17, 15) is 18.0 Å². The third-order valence-electron chi connectivity index (χ3n) is 2.28. The van der Waals surface area contributed by atoms with Crippen LogP contribution in [0.1, 0.15) is 12.5 Å². The maximum Gasteiger partial charge on any atom is 0.329 e. The van der Waals surface area contributed by atoms with Crippen molar-refractivity contribution >= 4 is 22.0 Å². The van der Waals surface area contributed by atoms with E-state index in [2.05, 4.69) is 0 Å². The van der Waals surface area contributed by atoms with Crippen molar-refractivity contribution in [2.45, 2.75) is 24.8 Å². The summed E-state index contributed by atoms with van der Waals surface area (Å²) in [6.07, 6.45) is 0. The van der Waals surface area contributed by atoms with Crippen molar-refractivity contribution in [1.82, 2.24) is 10.0 Å². The van der Waals surface area contributed by atoms with E-state index in [-0.39, 0.29) is 4.90 Å². The number of carboxylic acids is 1. The number of carbonyl (C=O) groups is 2. The quantitative estimate of drug-likeness (QED) is 0.744. The first kappa shape index (κ1) is 15.0. The van der Waals surface area contributed by atoms with Gasteiger partial charge in [0, 0.05) is 0 Å². The number of hydrogen-bond donors (Lipinski definition) is 3. The molecule has 1 aromatic rings. The van der Waals surface area contributed by atoms with E-state index in [1.165, 1.54) is 19.1 Å². The summed E-state index contributed by atoms with van der Waals surface area (Å²) in [6, 6.07) is 3.61. The van der Waals surface area contributed by atoms with Crippen LogP contribution < -0.4 is 10.0 Å². The second kappa shape index (κ2) is 5.70. The number of rotatable bonds is 4. The number of carboxylic acid groups (broad SMARTS) is 1. The van der Waals surface area contributed by atoms with Gasteiger partial charge in [-0.05, 0) is 26.0 Å². The van der Waals surface area contributed by atoms with E-state index in [1.54, 1.807) is 23.8 Å². The Morgan fingerprint density at radius 3 is 2.21 bits per heavy atom. The minimum absolute atomic E-state index is 0.0729. The summed E-state index contributed by atoms with van der Waals surface area (Å²) in [5.74, 6) is -1.26. The zero-order chi connectivity index (χ0) is 14.6. The van der Waals surface area contributed by atoms with Gasteiger partial charge in [-0.3, -0.25) is 4.79 Å².